The van der Waals surface area contributed by atoms with Crippen LogP contribution in [-0.4, -0.2) is 18.1 Å². The number of benzene rings is 2. The molecular weight excluding hydrogens is 376 g/mol. The molecule has 0 amide bonds. The molecule has 4 rings (SSSR count). The zero-order chi connectivity index (χ0) is 18.6. The number of hydrazine groups is 1. The molecule has 1 aliphatic rings. The first kappa shape index (κ1) is 17.9. The summed E-state index contributed by atoms with van der Waals surface area (Å²) in [5, 5.41) is 1.60. The largest absolute Gasteiger partial charge is 0.310 e. The lowest BCUT2D eigenvalue weighted by Gasteiger charge is -2.07. The van der Waals surface area contributed by atoms with Crippen LogP contribution in [0.25, 0.3) is 0 Å². The summed E-state index contributed by atoms with van der Waals surface area (Å²) in [7, 11) is 0. The first-order valence-corrected chi connectivity index (χ1v) is 9.94. The van der Waals surface area contributed by atoms with E-state index in [1.54, 1.807) is 11.3 Å². The van der Waals surface area contributed by atoms with Gasteiger partial charge in [-0.1, -0.05) is 60.1 Å². The van der Waals surface area contributed by atoms with E-state index in [1.165, 1.54) is 10.4 Å². The summed E-state index contributed by atoms with van der Waals surface area (Å²) in [5.74, 6) is 6.26. The van der Waals surface area contributed by atoms with Gasteiger partial charge in [-0.15, -0.1) is 11.3 Å². The van der Waals surface area contributed by atoms with E-state index in [4.69, 9.17) is 22.4 Å². The Kier molecular flexibility index (Phi) is 5.34. The zero-order valence-electron chi connectivity index (χ0n) is 14.7. The first-order valence-electron chi connectivity index (χ1n) is 8.75. The molecule has 2 aromatic carbocycles. The number of rotatable bonds is 4. The van der Waals surface area contributed by atoms with Gasteiger partial charge in [0, 0.05) is 21.0 Å². The van der Waals surface area contributed by atoms with Gasteiger partial charge in [0.2, 0.25) is 0 Å². The van der Waals surface area contributed by atoms with Crippen molar-refractivity contribution >= 4 is 39.5 Å². The minimum Gasteiger partial charge on any atom is -0.310 e. The summed E-state index contributed by atoms with van der Waals surface area (Å²) in [5.41, 5.74) is 6.78. The van der Waals surface area contributed by atoms with Crippen LogP contribution in [-0.2, 0) is 12.8 Å². The highest BCUT2D eigenvalue weighted by Crippen LogP contribution is 2.36. The van der Waals surface area contributed by atoms with Gasteiger partial charge in [-0.3, -0.25) is 4.99 Å². The normalized spacial score (nSPS) is 13.4. The Labute approximate surface area is 167 Å². The molecule has 0 saturated carbocycles. The van der Waals surface area contributed by atoms with Crippen LogP contribution in [0.3, 0.4) is 0 Å². The second-order valence-corrected chi connectivity index (χ2v) is 7.79. The minimum absolute atomic E-state index is 0.401. The summed E-state index contributed by atoms with van der Waals surface area (Å²) in [6.45, 7) is 0.401. The van der Waals surface area contributed by atoms with Crippen molar-refractivity contribution in [2.24, 2.45) is 15.8 Å². The number of hydrogen-bond donors (Lipinski definition) is 2. The van der Waals surface area contributed by atoms with E-state index in [9.17, 15) is 0 Å². The number of nitrogens with one attached hydrogen (secondary N) is 1. The molecule has 3 N–H and O–H groups in total. The Balaban J connectivity index is 1.69. The number of nitrogens with zero attached hydrogens (tertiary/aromatic N) is 2. The van der Waals surface area contributed by atoms with Crippen LogP contribution in [0.5, 0.6) is 0 Å². The Morgan fingerprint density at radius 1 is 1.00 bits per heavy atom. The number of thiophene rings is 1. The van der Waals surface area contributed by atoms with Crippen molar-refractivity contribution in [3.8, 4) is 0 Å². The van der Waals surface area contributed by atoms with E-state index < -0.39 is 0 Å². The van der Waals surface area contributed by atoms with Gasteiger partial charge in [0.05, 0.1) is 12.3 Å². The number of hydrogen-bond acceptors (Lipinski definition) is 5. The molecule has 0 atom stereocenters. The van der Waals surface area contributed by atoms with Gasteiger partial charge in [0.15, 0.2) is 0 Å². The van der Waals surface area contributed by atoms with Gasteiger partial charge < -0.3 is 5.43 Å². The molecule has 6 heteroatoms. The lowest BCUT2D eigenvalue weighted by Crippen LogP contribution is -2.32. The van der Waals surface area contributed by atoms with Crippen LogP contribution in [0.1, 0.15) is 21.6 Å². The number of aryl methyl sites for hydroxylation is 2. The number of nitrogens with two attached hydrogens (primary N) is 1. The highest BCUT2D eigenvalue weighted by atomic mass is 35.5. The lowest BCUT2D eigenvalue weighted by atomic mass is 10.0. The number of amidine groups is 1. The van der Waals surface area contributed by atoms with E-state index in [1.807, 2.05) is 30.3 Å². The van der Waals surface area contributed by atoms with Crippen molar-refractivity contribution < 1.29 is 0 Å². The first-order chi connectivity index (χ1) is 13.2. The maximum atomic E-state index is 6.44. The van der Waals surface area contributed by atoms with Crippen molar-refractivity contribution in [3.63, 3.8) is 0 Å². The maximum Gasteiger partial charge on any atom is 0.139 e. The number of aliphatic imine (C=N–C) groups is 2. The van der Waals surface area contributed by atoms with Crippen molar-refractivity contribution in [3.05, 3.63) is 87.3 Å². The van der Waals surface area contributed by atoms with Gasteiger partial charge in [-0.25, -0.2) is 10.8 Å². The van der Waals surface area contributed by atoms with Crippen molar-refractivity contribution in [2.75, 3.05) is 6.54 Å². The number of fused-ring (bicyclic) bond motifs is 1. The third kappa shape index (κ3) is 3.95. The van der Waals surface area contributed by atoms with Crippen molar-refractivity contribution in [1.29, 1.82) is 0 Å². The van der Waals surface area contributed by atoms with E-state index in [0.29, 0.717) is 17.4 Å². The molecule has 0 aliphatic carbocycles. The summed E-state index contributed by atoms with van der Waals surface area (Å²) < 4.78 is 0. The predicted octanol–water partition coefficient (Wildman–Crippen LogP) is 4.53. The zero-order valence-corrected chi connectivity index (χ0v) is 16.2. The Morgan fingerprint density at radius 2 is 1.78 bits per heavy atom. The fraction of sp³-hybridized carbons (Fsp3) is 0.143. The summed E-state index contributed by atoms with van der Waals surface area (Å²) >= 11 is 8.12. The molecule has 0 radical (unpaired) electrons. The van der Waals surface area contributed by atoms with Gasteiger partial charge >= 0.3 is 0 Å². The fourth-order valence-corrected chi connectivity index (χ4v) is 4.35. The molecule has 2 heterocycles. The Morgan fingerprint density at radius 3 is 2.56 bits per heavy atom. The van der Waals surface area contributed by atoms with Crippen LogP contribution in [0.2, 0.25) is 5.02 Å². The van der Waals surface area contributed by atoms with E-state index in [0.717, 1.165) is 34.7 Å². The third-order valence-corrected chi connectivity index (χ3v) is 5.86. The SMILES string of the molecule is NNC1=Nc2sc(CCc3ccccc3)cc2C(c2ccccc2Cl)=NC1. The van der Waals surface area contributed by atoms with Crippen LogP contribution >= 0.6 is 22.9 Å². The molecule has 27 heavy (non-hydrogen) atoms. The van der Waals surface area contributed by atoms with Gasteiger partial charge in [0.25, 0.3) is 0 Å². The smallest absolute Gasteiger partial charge is 0.139 e. The molecule has 1 aromatic heterocycles. The quantitative estimate of drug-likeness (QED) is 0.504. The Bertz CT molecular complexity index is 1010. The van der Waals surface area contributed by atoms with Crippen LogP contribution < -0.4 is 11.3 Å². The minimum atomic E-state index is 0.401. The second kappa shape index (κ2) is 8.05. The predicted molar refractivity (Wildman–Crippen MR) is 115 cm³/mol. The molecule has 0 fully saturated rings. The fourth-order valence-electron chi connectivity index (χ4n) is 3.08. The third-order valence-electron chi connectivity index (χ3n) is 4.44. The van der Waals surface area contributed by atoms with Gasteiger partial charge in [0.1, 0.15) is 10.8 Å². The molecule has 0 unspecified atom stereocenters. The molecule has 1 aliphatic heterocycles. The molecule has 0 saturated heterocycles. The Hall–Kier alpha value is -2.47. The molecule has 0 bridgehead atoms. The van der Waals surface area contributed by atoms with Crippen molar-refractivity contribution in [1.82, 2.24) is 5.43 Å². The van der Waals surface area contributed by atoms with Gasteiger partial charge in [-0.05, 0) is 30.5 Å². The summed E-state index contributed by atoms with van der Waals surface area (Å²) in [6, 6.07) is 20.5. The maximum absolute atomic E-state index is 6.44. The van der Waals surface area contributed by atoms with Crippen LogP contribution in [0.4, 0.5) is 5.00 Å². The van der Waals surface area contributed by atoms with E-state index >= 15 is 0 Å². The average molecular weight is 395 g/mol. The topological polar surface area (TPSA) is 62.8 Å². The van der Waals surface area contributed by atoms with E-state index in [2.05, 4.69) is 40.8 Å². The number of halogens is 1. The standard InChI is InChI=1S/C21H19ClN4S/c22-18-9-5-4-8-16(18)20-17-12-15(11-10-14-6-2-1-3-7-14)27-21(17)25-19(26-23)13-24-20/h1-9,12H,10-11,13,23H2,(H,25,26). The van der Waals surface area contributed by atoms with Gasteiger partial charge in [-0.2, -0.15) is 0 Å². The lowest BCUT2D eigenvalue weighted by molar-refractivity contribution is 0.980. The summed E-state index contributed by atoms with van der Waals surface area (Å²) in [4.78, 5) is 10.7. The second-order valence-electron chi connectivity index (χ2n) is 6.26. The molecule has 136 valence electrons. The van der Waals surface area contributed by atoms with E-state index in [-0.39, 0.29) is 0 Å². The molecule has 3 aromatic rings. The molecular formula is C21H19ClN4S. The highest BCUT2D eigenvalue weighted by molar-refractivity contribution is 7.16. The average Bonchev–Trinajstić information content (AvgIpc) is 3.02. The molecule has 0 spiro atoms. The molecule has 4 nitrogen and oxygen atoms in total. The monoisotopic (exact) mass is 394 g/mol. The van der Waals surface area contributed by atoms with Crippen molar-refractivity contribution in [2.45, 2.75) is 12.8 Å². The van der Waals surface area contributed by atoms with Crippen LogP contribution in [0, 0.1) is 0 Å². The summed E-state index contributed by atoms with van der Waals surface area (Å²) in [6.07, 6.45) is 1.95. The van der Waals surface area contributed by atoms with Crippen LogP contribution in [0.15, 0.2) is 70.6 Å². The highest BCUT2D eigenvalue weighted by Gasteiger charge is 2.20.